The van der Waals surface area contributed by atoms with Crippen LogP contribution >= 0.6 is 11.8 Å². The van der Waals surface area contributed by atoms with Crippen molar-refractivity contribution in [2.75, 3.05) is 6.26 Å². The summed E-state index contributed by atoms with van der Waals surface area (Å²) in [5, 5.41) is 9.44. The molecule has 12 heavy (non-hydrogen) atoms. The summed E-state index contributed by atoms with van der Waals surface area (Å²) in [7, 11) is 0. The van der Waals surface area contributed by atoms with E-state index in [4.69, 9.17) is 5.11 Å². The molecule has 4 heteroatoms. The molecular weight excluding hydrogens is 174 g/mol. The lowest BCUT2D eigenvalue weighted by atomic mass is 10.2. The predicted molar refractivity (Wildman–Crippen MR) is 47.7 cm³/mol. The maximum atomic E-state index is 10.6. The molecule has 0 unspecified atom stereocenters. The molecule has 0 bridgehead atoms. The second-order valence-electron chi connectivity index (χ2n) is 2.34. The Morgan fingerprint density at radius 2 is 2.25 bits per heavy atom. The summed E-state index contributed by atoms with van der Waals surface area (Å²) >= 11 is 1.44. The highest BCUT2D eigenvalue weighted by Gasteiger charge is 2.05. The number of rotatable bonds is 2. The molecule has 0 atom stereocenters. The average molecular weight is 183 g/mol. The van der Waals surface area contributed by atoms with Crippen molar-refractivity contribution >= 4 is 17.7 Å². The minimum absolute atomic E-state index is 0.298. The largest absolute Gasteiger partial charge is 0.478 e. The molecule has 0 amide bonds. The van der Waals surface area contributed by atoms with Crippen molar-refractivity contribution in [2.45, 2.75) is 11.9 Å². The van der Waals surface area contributed by atoms with Crippen LogP contribution in [0.5, 0.6) is 0 Å². The maximum absolute atomic E-state index is 10.6. The van der Waals surface area contributed by atoms with Crippen LogP contribution in [0.25, 0.3) is 0 Å². The number of aromatic nitrogens is 1. The monoisotopic (exact) mass is 183 g/mol. The van der Waals surface area contributed by atoms with Crippen LogP contribution in [-0.2, 0) is 0 Å². The van der Waals surface area contributed by atoms with Crippen molar-refractivity contribution in [1.29, 1.82) is 0 Å². The zero-order chi connectivity index (χ0) is 9.14. The fourth-order valence-corrected chi connectivity index (χ4v) is 1.35. The number of hydrogen-bond donors (Lipinski definition) is 1. The third-order valence-electron chi connectivity index (χ3n) is 1.39. The van der Waals surface area contributed by atoms with Crippen molar-refractivity contribution in [3.63, 3.8) is 0 Å². The molecule has 3 nitrogen and oxygen atoms in total. The van der Waals surface area contributed by atoms with Gasteiger partial charge in [0.2, 0.25) is 0 Å². The van der Waals surface area contributed by atoms with Gasteiger partial charge in [0.15, 0.2) is 0 Å². The second-order valence-corrected chi connectivity index (χ2v) is 3.17. The van der Waals surface area contributed by atoms with Gasteiger partial charge in [-0.05, 0) is 25.3 Å². The van der Waals surface area contributed by atoms with E-state index in [9.17, 15) is 4.79 Å². The third kappa shape index (κ3) is 1.98. The number of aromatic carboxylic acids is 1. The van der Waals surface area contributed by atoms with Crippen LogP contribution in [0.1, 0.15) is 16.1 Å². The molecule has 0 saturated heterocycles. The average Bonchev–Trinajstić information content (AvgIpc) is 2.03. The summed E-state index contributed by atoms with van der Waals surface area (Å²) in [6.07, 6.45) is 1.87. The lowest BCUT2D eigenvalue weighted by Gasteiger charge is -1.99. The molecule has 0 radical (unpaired) electrons. The predicted octanol–water partition coefficient (Wildman–Crippen LogP) is 1.81. The highest BCUT2D eigenvalue weighted by Crippen LogP contribution is 2.14. The molecule has 0 aromatic carbocycles. The van der Waals surface area contributed by atoms with Crippen LogP contribution in [0.4, 0.5) is 0 Å². The number of aryl methyl sites for hydroxylation is 1. The summed E-state index contributed by atoms with van der Waals surface area (Å²) in [5.41, 5.74) is 1.03. The Bertz CT molecular complexity index is 312. The Balaban J connectivity index is 3.15. The molecule has 1 rings (SSSR count). The SMILES string of the molecule is CSc1cc(C(=O)O)cc(C)n1. The number of carboxylic acids is 1. The molecule has 1 aromatic heterocycles. The summed E-state index contributed by atoms with van der Waals surface area (Å²) in [6.45, 7) is 1.78. The highest BCUT2D eigenvalue weighted by molar-refractivity contribution is 7.98. The van der Waals surface area contributed by atoms with E-state index < -0.39 is 5.97 Å². The zero-order valence-electron chi connectivity index (χ0n) is 6.87. The van der Waals surface area contributed by atoms with Crippen molar-refractivity contribution in [3.05, 3.63) is 23.4 Å². The lowest BCUT2D eigenvalue weighted by Crippen LogP contribution is -1.98. The molecule has 0 aliphatic heterocycles. The topological polar surface area (TPSA) is 50.2 Å². The van der Waals surface area contributed by atoms with Gasteiger partial charge in [0, 0.05) is 5.69 Å². The molecule has 1 heterocycles. The Morgan fingerprint density at radius 3 is 2.75 bits per heavy atom. The summed E-state index contributed by atoms with van der Waals surface area (Å²) in [6, 6.07) is 3.13. The van der Waals surface area contributed by atoms with Gasteiger partial charge in [0.25, 0.3) is 0 Å². The van der Waals surface area contributed by atoms with Crippen LogP contribution in [0.3, 0.4) is 0 Å². The molecule has 0 aliphatic rings. The first kappa shape index (κ1) is 9.06. The van der Waals surface area contributed by atoms with E-state index in [1.165, 1.54) is 11.8 Å². The van der Waals surface area contributed by atoms with Gasteiger partial charge in [-0.25, -0.2) is 9.78 Å². The van der Waals surface area contributed by atoms with Gasteiger partial charge in [-0.1, -0.05) is 0 Å². The van der Waals surface area contributed by atoms with Crippen LogP contribution in [0, 0.1) is 6.92 Å². The molecule has 0 spiro atoms. The molecule has 0 saturated carbocycles. The van der Waals surface area contributed by atoms with Crippen molar-refractivity contribution in [1.82, 2.24) is 4.98 Å². The van der Waals surface area contributed by atoms with Gasteiger partial charge in [0.1, 0.15) is 0 Å². The van der Waals surface area contributed by atoms with Gasteiger partial charge < -0.3 is 5.11 Å². The van der Waals surface area contributed by atoms with E-state index in [0.717, 1.165) is 10.7 Å². The molecule has 1 aromatic rings. The molecule has 1 N–H and O–H groups in total. The van der Waals surface area contributed by atoms with Crippen LogP contribution in [0.15, 0.2) is 17.2 Å². The van der Waals surface area contributed by atoms with E-state index in [0.29, 0.717) is 5.56 Å². The summed E-state index contributed by atoms with van der Waals surface area (Å²) in [4.78, 5) is 14.7. The Kier molecular flexibility index (Phi) is 2.70. The summed E-state index contributed by atoms with van der Waals surface area (Å²) < 4.78 is 0. The van der Waals surface area contributed by atoms with Gasteiger partial charge >= 0.3 is 5.97 Å². The number of carboxylic acid groups (broad SMARTS) is 1. The van der Waals surface area contributed by atoms with Crippen LogP contribution in [0.2, 0.25) is 0 Å². The van der Waals surface area contributed by atoms with Crippen LogP contribution < -0.4 is 0 Å². The third-order valence-corrected chi connectivity index (χ3v) is 2.01. The quantitative estimate of drug-likeness (QED) is 0.710. The minimum atomic E-state index is -0.907. The van der Waals surface area contributed by atoms with Crippen molar-refractivity contribution in [2.24, 2.45) is 0 Å². The number of pyridine rings is 1. The first-order valence-corrected chi connectivity index (χ1v) is 4.62. The fourth-order valence-electron chi connectivity index (χ4n) is 0.866. The van der Waals surface area contributed by atoms with E-state index in [-0.39, 0.29) is 0 Å². The van der Waals surface area contributed by atoms with Gasteiger partial charge in [-0.2, -0.15) is 0 Å². The summed E-state index contributed by atoms with van der Waals surface area (Å²) in [5.74, 6) is -0.907. The van der Waals surface area contributed by atoms with Gasteiger partial charge in [-0.3, -0.25) is 0 Å². The number of thioether (sulfide) groups is 1. The van der Waals surface area contributed by atoms with E-state index in [2.05, 4.69) is 4.98 Å². The standard InChI is InChI=1S/C8H9NO2S/c1-5-3-6(8(10)11)4-7(9-5)12-2/h3-4H,1-2H3,(H,10,11). The first-order chi connectivity index (χ1) is 5.63. The molecule has 64 valence electrons. The zero-order valence-corrected chi connectivity index (χ0v) is 7.68. The smallest absolute Gasteiger partial charge is 0.335 e. The Hall–Kier alpha value is -1.03. The molecule has 0 fully saturated rings. The van der Waals surface area contributed by atoms with E-state index in [1.54, 1.807) is 19.1 Å². The second kappa shape index (κ2) is 3.58. The first-order valence-electron chi connectivity index (χ1n) is 3.39. The lowest BCUT2D eigenvalue weighted by molar-refractivity contribution is 0.0696. The number of nitrogens with zero attached hydrogens (tertiary/aromatic N) is 1. The molecule has 0 aliphatic carbocycles. The van der Waals surface area contributed by atoms with E-state index in [1.807, 2.05) is 6.26 Å². The number of carbonyl (C=O) groups is 1. The van der Waals surface area contributed by atoms with E-state index >= 15 is 0 Å². The Labute approximate surface area is 74.8 Å². The fraction of sp³-hybridized carbons (Fsp3) is 0.250. The van der Waals surface area contributed by atoms with Gasteiger partial charge in [-0.15, -0.1) is 11.8 Å². The van der Waals surface area contributed by atoms with Gasteiger partial charge in [0.05, 0.1) is 10.6 Å². The minimum Gasteiger partial charge on any atom is -0.478 e. The highest BCUT2D eigenvalue weighted by atomic mass is 32.2. The van der Waals surface area contributed by atoms with Crippen molar-refractivity contribution < 1.29 is 9.90 Å². The normalized spacial score (nSPS) is 9.83. The van der Waals surface area contributed by atoms with Crippen LogP contribution in [-0.4, -0.2) is 22.3 Å². The van der Waals surface area contributed by atoms with Crippen molar-refractivity contribution in [3.8, 4) is 0 Å². The Morgan fingerprint density at radius 1 is 1.58 bits per heavy atom. The maximum Gasteiger partial charge on any atom is 0.335 e. The number of hydrogen-bond acceptors (Lipinski definition) is 3. The molecular formula is C8H9NO2S.